The zero-order chi connectivity index (χ0) is 14.5. The lowest BCUT2D eigenvalue weighted by atomic mass is 9.96. The summed E-state index contributed by atoms with van der Waals surface area (Å²) in [6, 6.07) is 17.4. The summed E-state index contributed by atoms with van der Waals surface area (Å²) in [6.45, 7) is 4.43. The van der Waals surface area contributed by atoms with Crippen LogP contribution in [0, 0.1) is 3.57 Å². The minimum atomic E-state index is 0.148. The highest BCUT2D eigenvalue weighted by atomic mass is 127. The van der Waals surface area contributed by atoms with Crippen LogP contribution < -0.4 is 11.3 Å². The van der Waals surface area contributed by atoms with Gasteiger partial charge in [-0.2, -0.15) is 0 Å². The molecule has 106 valence electrons. The standard InChI is InChI=1S/C17H21IN2/c1-12(2)14-8-6-13(7-9-14)10-17(20-19)15-4-3-5-16(18)11-15/h3-9,11-12,17,20H,10,19H2,1-2H3. The van der Waals surface area contributed by atoms with E-state index in [1.807, 2.05) is 0 Å². The highest BCUT2D eigenvalue weighted by molar-refractivity contribution is 14.1. The van der Waals surface area contributed by atoms with Crippen molar-refractivity contribution in [2.75, 3.05) is 0 Å². The maximum Gasteiger partial charge on any atom is 0.0500 e. The molecule has 0 aliphatic rings. The topological polar surface area (TPSA) is 38.0 Å². The van der Waals surface area contributed by atoms with Crippen molar-refractivity contribution in [3.05, 3.63) is 68.8 Å². The minimum Gasteiger partial charge on any atom is -0.271 e. The minimum absolute atomic E-state index is 0.148. The second kappa shape index (κ2) is 7.20. The van der Waals surface area contributed by atoms with Gasteiger partial charge in [0.1, 0.15) is 0 Å². The van der Waals surface area contributed by atoms with E-state index in [-0.39, 0.29) is 6.04 Å². The molecule has 2 rings (SSSR count). The second-order valence-electron chi connectivity index (χ2n) is 5.37. The Hall–Kier alpha value is -0.910. The van der Waals surface area contributed by atoms with Crippen LogP contribution in [0.3, 0.4) is 0 Å². The van der Waals surface area contributed by atoms with E-state index < -0.39 is 0 Å². The number of halogens is 1. The summed E-state index contributed by atoms with van der Waals surface area (Å²) in [4.78, 5) is 0. The number of hydrogen-bond acceptors (Lipinski definition) is 2. The molecule has 2 nitrogen and oxygen atoms in total. The zero-order valence-electron chi connectivity index (χ0n) is 11.9. The van der Waals surface area contributed by atoms with E-state index in [0.29, 0.717) is 5.92 Å². The first-order chi connectivity index (χ1) is 9.60. The van der Waals surface area contributed by atoms with Gasteiger partial charge in [0, 0.05) is 3.57 Å². The monoisotopic (exact) mass is 380 g/mol. The fourth-order valence-corrected chi connectivity index (χ4v) is 2.84. The molecule has 2 aromatic carbocycles. The van der Waals surface area contributed by atoms with Crippen LogP contribution in [0.2, 0.25) is 0 Å². The second-order valence-corrected chi connectivity index (χ2v) is 6.62. The molecule has 0 bridgehead atoms. The number of benzene rings is 2. The fourth-order valence-electron chi connectivity index (χ4n) is 2.27. The van der Waals surface area contributed by atoms with E-state index >= 15 is 0 Å². The zero-order valence-corrected chi connectivity index (χ0v) is 14.1. The van der Waals surface area contributed by atoms with Crippen LogP contribution in [0.5, 0.6) is 0 Å². The van der Waals surface area contributed by atoms with E-state index in [1.54, 1.807) is 0 Å². The van der Waals surface area contributed by atoms with Gasteiger partial charge in [-0.05, 0) is 63.8 Å². The average Bonchev–Trinajstić information content (AvgIpc) is 2.45. The molecule has 1 atom stereocenters. The molecule has 0 aliphatic heterocycles. The summed E-state index contributed by atoms with van der Waals surface area (Å²) in [6.07, 6.45) is 0.898. The van der Waals surface area contributed by atoms with Gasteiger partial charge in [0.25, 0.3) is 0 Å². The Kier molecular flexibility index (Phi) is 5.57. The van der Waals surface area contributed by atoms with Crippen molar-refractivity contribution in [1.82, 2.24) is 5.43 Å². The molecule has 0 saturated carbocycles. The fraction of sp³-hybridized carbons (Fsp3) is 0.294. The molecule has 0 heterocycles. The van der Waals surface area contributed by atoms with Crippen molar-refractivity contribution in [1.29, 1.82) is 0 Å². The number of nitrogens with two attached hydrogens (primary N) is 1. The molecular weight excluding hydrogens is 359 g/mol. The highest BCUT2D eigenvalue weighted by Crippen LogP contribution is 2.21. The molecular formula is C17H21IN2. The molecule has 3 heteroatoms. The summed E-state index contributed by atoms with van der Waals surface area (Å²) < 4.78 is 1.23. The van der Waals surface area contributed by atoms with E-state index in [2.05, 4.69) is 90.4 Å². The van der Waals surface area contributed by atoms with Gasteiger partial charge < -0.3 is 0 Å². The van der Waals surface area contributed by atoms with Crippen LogP contribution in [0.15, 0.2) is 48.5 Å². The van der Waals surface area contributed by atoms with E-state index in [9.17, 15) is 0 Å². The summed E-state index contributed by atoms with van der Waals surface area (Å²) in [7, 11) is 0. The van der Waals surface area contributed by atoms with Gasteiger partial charge in [0.05, 0.1) is 6.04 Å². The maximum atomic E-state index is 5.73. The quantitative estimate of drug-likeness (QED) is 0.464. The number of rotatable bonds is 5. The lowest BCUT2D eigenvalue weighted by molar-refractivity contribution is 0.551. The van der Waals surface area contributed by atoms with Gasteiger partial charge in [-0.15, -0.1) is 0 Å². The summed E-state index contributed by atoms with van der Waals surface area (Å²) >= 11 is 2.33. The van der Waals surface area contributed by atoms with Crippen LogP contribution in [0.4, 0.5) is 0 Å². The van der Waals surface area contributed by atoms with Gasteiger partial charge >= 0.3 is 0 Å². The maximum absolute atomic E-state index is 5.73. The first kappa shape index (κ1) is 15.5. The van der Waals surface area contributed by atoms with Gasteiger partial charge in [0.2, 0.25) is 0 Å². The molecule has 0 aromatic heterocycles. The van der Waals surface area contributed by atoms with E-state index in [4.69, 9.17) is 5.84 Å². The van der Waals surface area contributed by atoms with Crippen molar-refractivity contribution >= 4 is 22.6 Å². The molecule has 0 saturated heterocycles. The SMILES string of the molecule is CC(C)c1ccc(CC(NN)c2cccc(I)c2)cc1. The van der Waals surface area contributed by atoms with Crippen LogP contribution in [-0.4, -0.2) is 0 Å². The van der Waals surface area contributed by atoms with Gasteiger partial charge in [-0.3, -0.25) is 11.3 Å². The van der Waals surface area contributed by atoms with Gasteiger partial charge in [-0.25, -0.2) is 0 Å². The van der Waals surface area contributed by atoms with Crippen molar-refractivity contribution < 1.29 is 0 Å². The molecule has 20 heavy (non-hydrogen) atoms. The van der Waals surface area contributed by atoms with Crippen molar-refractivity contribution in [3.8, 4) is 0 Å². The molecule has 0 fully saturated rings. The first-order valence-corrected chi connectivity index (χ1v) is 7.98. The third-order valence-corrected chi connectivity index (χ3v) is 4.21. The Bertz CT molecular complexity index is 549. The first-order valence-electron chi connectivity index (χ1n) is 6.90. The van der Waals surface area contributed by atoms with Crippen LogP contribution in [-0.2, 0) is 6.42 Å². The Labute approximate surface area is 134 Å². The summed E-state index contributed by atoms with van der Waals surface area (Å²) in [5, 5.41) is 0. The number of nitrogens with one attached hydrogen (secondary N) is 1. The molecule has 0 aliphatic carbocycles. The lowest BCUT2D eigenvalue weighted by Crippen LogP contribution is -2.29. The summed E-state index contributed by atoms with van der Waals surface area (Å²) in [5.41, 5.74) is 6.83. The largest absolute Gasteiger partial charge is 0.271 e. The average molecular weight is 380 g/mol. The van der Waals surface area contributed by atoms with Crippen LogP contribution in [0.25, 0.3) is 0 Å². The molecule has 0 spiro atoms. The van der Waals surface area contributed by atoms with Gasteiger partial charge in [-0.1, -0.05) is 50.2 Å². The van der Waals surface area contributed by atoms with E-state index in [0.717, 1.165) is 6.42 Å². The third-order valence-electron chi connectivity index (χ3n) is 3.54. The Balaban J connectivity index is 2.14. The Morgan fingerprint density at radius 2 is 1.75 bits per heavy atom. The molecule has 0 radical (unpaired) electrons. The molecule has 1 unspecified atom stereocenters. The lowest BCUT2D eigenvalue weighted by Gasteiger charge is -2.17. The summed E-state index contributed by atoms with van der Waals surface area (Å²) in [5.74, 6) is 6.30. The van der Waals surface area contributed by atoms with Crippen LogP contribution >= 0.6 is 22.6 Å². The van der Waals surface area contributed by atoms with Crippen molar-refractivity contribution in [3.63, 3.8) is 0 Å². The Morgan fingerprint density at radius 1 is 1.05 bits per heavy atom. The number of hydrazine groups is 1. The Morgan fingerprint density at radius 3 is 2.30 bits per heavy atom. The molecule has 2 aromatic rings. The smallest absolute Gasteiger partial charge is 0.0500 e. The normalized spacial score (nSPS) is 12.7. The van der Waals surface area contributed by atoms with Crippen molar-refractivity contribution in [2.24, 2.45) is 5.84 Å². The highest BCUT2D eigenvalue weighted by Gasteiger charge is 2.11. The van der Waals surface area contributed by atoms with Gasteiger partial charge in [0.15, 0.2) is 0 Å². The predicted molar refractivity (Wildman–Crippen MR) is 93.5 cm³/mol. The molecule has 3 N–H and O–H groups in total. The third kappa shape index (κ3) is 4.04. The van der Waals surface area contributed by atoms with Crippen LogP contribution in [0.1, 0.15) is 42.5 Å². The van der Waals surface area contributed by atoms with E-state index in [1.165, 1.54) is 20.3 Å². The predicted octanol–water partition coefficient (Wildman–Crippen LogP) is 4.16. The molecule has 0 amide bonds. The number of hydrogen-bond donors (Lipinski definition) is 2. The van der Waals surface area contributed by atoms with Crippen molar-refractivity contribution in [2.45, 2.75) is 32.2 Å².